The van der Waals surface area contributed by atoms with Gasteiger partial charge in [0.2, 0.25) is 0 Å². The number of rotatable bonds is 8. The molecule has 204 valence electrons. The van der Waals surface area contributed by atoms with E-state index in [1.165, 1.54) is 6.33 Å². The average molecular weight is 535 g/mol. The molecule has 0 aliphatic carbocycles. The molecule has 0 bridgehead atoms. The summed E-state index contributed by atoms with van der Waals surface area (Å²) < 4.78 is 1.72. The van der Waals surface area contributed by atoms with E-state index in [0.717, 1.165) is 66.4 Å². The van der Waals surface area contributed by atoms with Gasteiger partial charge < -0.3 is 9.80 Å². The molecule has 5 rings (SSSR count). The highest BCUT2D eigenvalue weighted by Crippen LogP contribution is 2.30. The van der Waals surface area contributed by atoms with Crippen molar-refractivity contribution in [3.8, 4) is 23.0 Å². The lowest BCUT2D eigenvalue weighted by Gasteiger charge is -2.36. The van der Waals surface area contributed by atoms with Crippen molar-refractivity contribution >= 4 is 11.5 Å². The number of carbonyl (C=O) groups is 1. The van der Waals surface area contributed by atoms with Crippen LogP contribution in [0.15, 0.2) is 61.3 Å². The molecule has 4 aromatic rings. The molecular weight excluding hydrogens is 500 g/mol. The number of hydrogen-bond donors (Lipinski definition) is 0. The maximum absolute atomic E-state index is 13.7. The maximum atomic E-state index is 13.7. The predicted molar refractivity (Wildman–Crippen MR) is 155 cm³/mol. The number of Topliss-reactive ketones (excluding diaryl/α,β-unsaturated/α-hetero) is 1. The van der Waals surface area contributed by atoms with Crippen molar-refractivity contribution in [1.29, 1.82) is 5.26 Å². The van der Waals surface area contributed by atoms with Gasteiger partial charge in [0.25, 0.3) is 0 Å². The zero-order chi connectivity index (χ0) is 28.3. The third-order valence-electron chi connectivity index (χ3n) is 7.66. The second-order valence-electron chi connectivity index (χ2n) is 10.8. The largest absolute Gasteiger partial charge is 0.369 e. The van der Waals surface area contributed by atoms with E-state index in [0.29, 0.717) is 11.3 Å². The van der Waals surface area contributed by atoms with E-state index in [4.69, 9.17) is 0 Å². The number of aryl methyl sites for hydroxylation is 1. The van der Waals surface area contributed by atoms with Crippen LogP contribution in [0.25, 0.3) is 16.9 Å². The van der Waals surface area contributed by atoms with E-state index in [1.54, 1.807) is 17.1 Å². The van der Waals surface area contributed by atoms with Crippen LogP contribution in [0, 0.1) is 18.3 Å². The monoisotopic (exact) mass is 534 g/mol. The van der Waals surface area contributed by atoms with Crippen LogP contribution in [-0.2, 0) is 11.8 Å². The van der Waals surface area contributed by atoms with Gasteiger partial charge in [-0.15, -0.1) is 5.10 Å². The van der Waals surface area contributed by atoms with Crippen molar-refractivity contribution in [2.75, 3.05) is 37.6 Å². The number of benzene rings is 2. The van der Waals surface area contributed by atoms with Crippen LogP contribution in [0.1, 0.15) is 47.8 Å². The summed E-state index contributed by atoms with van der Waals surface area (Å²) in [4.78, 5) is 26.5. The lowest BCUT2D eigenvalue weighted by Crippen LogP contribution is -2.46. The summed E-state index contributed by atoms with van der Waals surface area (Å²) in [7, 11) is 0. The molecule has 40 heavy (non-hydrogen) atoms. The van der Waals surface area contributed by atoms with Crippen LogP contribution >= 0.6 is 0 Å². The number of hydrogen-bond acceptors (Lipinski definition) is 8. The van der Waals surface area contributed by atoms with Crippen LogP contribution in [0.4, 0.5) is 5.69 Å². The highest BCUT2D eigenvalue weighted by Gasteiger charge is 2.25. The topological polar surface area (TPSA) is 104 Å². The molecule has 9 heteroatoms. The number of likely N-dealkylation sites (N-methyl/N-ethyl adjacent to an activating group) is 1. The Morgan fingerprint density at radius 1 is 1.05 bits per heavy atom. The molecule has 1 fully saturated rings. The summed E-state index contributed by atoms with van der Waals surface area (Å²) in [6, 6.07) is 14.3. The molecular formula is C31H34N8O. The Morgan fingerprint density at radius 3 is 2.50 bits per heavy atom. The Hall–Kier alpha value is -4.42. The number of anilines is 1. The summed E-state index contributed by atoms with van der Waals surface area (Å²) in [5, 5.41) is 18.4. The predicted octanol–water partition coefficient (Wildman–Crippen LogP) is 4.40. The van der Waals surface area contributed by atoms with Crippen molar-refractivity contribution in [1.82, 2.24) is 29.9 Å². The summed E-state index contributed by atoms with van der Waals surface area (Å²) in [6.45, 7) is 12.8. The Bertz CT molecular complexity index is 1550. The van der Waals surface area contributed by atoms with Gasteiger partial charge in [0, 0.05) is 61.8 Å². The molecule has 2 aromatic carbocycles. The molecule has 1 aliphatic rings. The molecule has 0 radical (unpaired) electrons. The molecule has 1 aliphatic heterocycles. The van der Waals surface area contributed by atoms with Gasteiger partial charge in [0.1, 0.15) is 12.0 Å². The van der Waals surface area contributed by atoms with Crippen LogP contribution in [-0.4, -0.2) is 68.4 Å². The van der Waals surface area contributed by atoms with E-state index in [2.05, 4.69) is 49.1 Å². The fraction of sp³-hybridized carbons (Fsp3) is 0.355. The molecule has 0 unspecified atom stereocenters. The Morgan fingerprint density at radius 2 is 1.80 bits per heavy atom. The van der Waals surface area contributed by atoms with E-state index >= 15 is 0 Å². The van der Waals surface area contributed by atoms with Crippen LogP contribution in [0.3, 0.4) is 0 Å². The Kier molecular flexibility index (Phi) is 7.71. The molecule has 0 amide bonds. The highest BCUT2D eigenvalue weighted by molar-refractivity contribution is 5.98. The Labute approximate surface area is 235 Å². The van der Waals surface area contributed by atoms with E-state index in [9.17, 15) is 10.1 Å². The number of carbonyl (C=O) groups excluding carboxylic acids is 1. The summed E-state index contributed by atoms with van der Waals surface area (Å²) in [6.07, 6.45) is 6.95. The van der Waals surface area contributed by atoms with Gasteiger partial charge in [-0.25, -0.2) is 14.6 Å². The van der Waals surface area contributed by atoms with Crippen LogP contribution in [0.5, 0.6) is 0 Å². The normalized spacial score (nSPS) is 14.2. The van der Waals surface area contributed by atoms with E-state index in [-0.39, 0.29) is 12.2 Å². The molecule has 0 atom stereocenters. The third-order valence-corrected chi connectivity index (χ3v) is 7.66. The summed E-state index contributed by atoms with van der Waals surface area (Å²) >= 11 is 0. The molecule has 0 saturated carbocycles. The first-order valence-corrected chi connectivity index (χ1v) is 13.6. The summed E-state index contributed by atoms with van der Waals surface area (Å²) in [5.41, 5.74) is 6.00. The molecule has 2 aromatic heterocycles. The molecule has 0 spiro atoms. The van der Waals surface area contributed by atoms with Crippen molar-refractivity contribution in [3.05, 3.63) is 83.6 Å². The number of piperazine rings is 1. The number of nitrogens with zero attached hydrogens (tertiary/aromatic N) is 8. The molecule has 0 N–H and O–H groups in total. The quantitative estimate of drug-likeness (QED) is 0.307. The van der Waals surface area contributed by atoms with Crippen molar-refractivity contribution in [2.24, 2.45) is 0 Å². The number of aromatic nitrogens is 5. The Balaban J connectivity index is 1.42. The lowest BCUT2D eigenvalue weighted by molar-refractivity contribution is 0.0993. The first-order chi connectivity index (χ1) is 19.3. The molecule has 9 nitrogen and oxygen atoms in total. The van der Waals surface area contributed by atoms with E-state index < -0.39 is 5.41 Å². The van der Waals surface area contributed by atoms with E-state index in [1.807, 2.05) is 57.3 Å². The average Bonchev–Trinajstić information content (AvgIpc) is 3.48. The van der Waals surface area contributed by atoms with Gasteiger partial charge in [-0.05, 0) is 68.3 Å². The SMILES string of the molecule is CCN1CCN(c2cc(C(=O)Cc3ccc(C)c(-n4cc(-c5cncnc5)nn4)c3)cc(C(C)(C)C#N)c2)CC1. The molecule has 1 saturated heterocycles. The first-order valence-electron chi connectivity index (χ1n) is 13.6. The minimum Gasteiger partial charge on any atom is -0.369 e. The van der Waals surface area contributed by atoms with Crippen LogP contribution in [0.2, 0.25) is 0 Å². The molecule has 3 heterocycles. The highest BCUT2D eigenvalue weighted by atomic mass is 16.1. The van der Waals surface area contributed by atoms with Crippen molar-refractivity contribution < 1.29 is 4.79 Å². The second kappa shape index (κ2) is 11.4. The smallest absolute Gasteiger partial charge is 0.167 e. The third kappa shape index (κ3) is 5.77. The second-order valence-corrected chi connectivity index (χ2v) is 10.8. The zero-order valence-electron chi connectivity index (χ0n) is 23.5. The fourth-order valence-electron chi connectivity index (χ4n) is 4.95. The van der Waals surface area contributed by atoms with Gasteiger partial charge in [-0.1, -0.05) is 24.3 Å². The van der Waals surface area contributed by atoms with Crippen molar-refractivity contribution in [3.63, 3.8) is 0 Å². The van der Waals surface area contributed by atoms with Gasteiger partial charge in [0.05, 0.1) is 23.4 Å². The fourth-order valence-corrected chi connectivity index (χ4v) is 4.95. The first kappa shape index (κ1) is 27.2. The standard InChI is InChI=1S/C31H34N8O/c1-5-37-8-10-38(11-9-37)27-15-24(14-26(16-27)31(3,4)20-32)30(40)13-23-7-6-22(2)29(12-23)39-19-28(35-36-39)25-17-33-21-34-18-25/h6-7,12,14-19,21H,5,8-11,13H2,1-4H3. The lowest BCUT2D eigenvalue weighted by atomic mass is 9.84. The zero-order valence-corrected chi connectivity index (χ0v) is 23.5. The van der Waals surface area contributed by atoms with Gasteiger partial charge in [-0.2, -0.15) is 5.26 Å². The summed E-state index contributed by atoms with van der Waals surface area (Å²) in [5.74, 6) is 0.0135. The van der Waals surface area contributed by atoms with Gasteiger partial charge in [0.15, 0.2) is 5.78 Å². The minimum absolute atomic E-state index is 0.0135. The van der Waals surface area contributed by atoms with Crippen molar-refractivity contribution in [2.45, 2.75) is 39.5 Å². The maximum Gasteiger partial charge on any atom is 0.167 e. The number of nitriles is 1. The minimum atomic E-state index is -0.706. The van der Waals surface area contributed by atoms with Gasteiger partial charge >= 0.3 is 0 Å². The number of ketones is 1. The van der Waals surface area contributed by atoms with Crippen LogP contribution < -0.4 is 4.90 Å². The van der Waals surface area contributed by atoms with Gasteiger partial charge in [-0.3, -0.25) is 4.79 Å².